The molecule has 0 unspecified atom stereocenters. The fraction of sp³-hybridized carbons (Fsp3) is 0.571. The number of aliphatic imine (C=N–C) groups is 1. The van der Waals surface area contributed by atoms with E-state index in [0.29, 0.717) is 0 Å². The Hall–Kier alpha value is -0.790. The molecule has 0 aromatic carbocycles. The Kier molecular flexibility index (Phi) is 1.56. The van der Waals surface area contributed by atoms with Crippen LogP contribution in [0.2, 0.25) is 0 Å². The molecular weight excluding hydrogens is 114 g/mol. The van der Waals surface area contributed by atoms with Gasteiger partial charge in [0.1, 0.15) is 0 Å². The fourth-order valence-corrected chi connectivity index (χ4v) is 0.828. The highest BCUT2D eigenvalue weighted by molar-refractivity contribution is 5.95. The molecule has 0 aromatic heterocycles. The first kappa shape index (κ1) is 6.33. The Bertz CT molecular complexity index is 179. The molecule has 2 heteroatoms. The average Bonchev–Trinajstić information content (AvgIpc) is 2.15. The molecule has 50 valence electrons. The number of methoxy groups -OCH3 is 1. The van der Waals surface area contributed by atoms with Crippen molar-refractivity contribution >= 4 is 5.90 Å². The molecule has 2 nitrogen and oxygen atoms in total. The van der Waals surface area contributed by atoms with Crippen molar-refractivity contribution in [1.82, 2.24) is 0 Å². The van der Waals surface area contributed by atoms with E-state index in [1.165, 1.54) is 11.1 Å². The van der Waals surface area contributed by atoms with Gasteiger partial charge in [-0.15, -0.1) is 0 Å². The lowest BCUT2D eigenvalue weighted by Gasteiger charge is -1.97. The molecule has 0 spiro atoms. The van der Waals surface area contributed by atoms with Gasteiger partial charge in [0.2, 0.25) is 5.90 Å². The van der Waals surface area contributed by atoms with Crippen LogP contribution in [-0.2, 0) is 4.74 Å². The molecule has 0 amide bonds. The van der Waals surface area contributed by atoms with Gasteiger partial charge in [-0.25, -0.2) is 4.99 Å². The van der Waals surface area contributed by atoms with E-state index in [-0.39, 0.29) is 0 Å². The molecule has 0 radical (unpaired) electrons. The van der Waals surface area contributed by atoms with Crippen molar-refractivity contribution in [1.29, 1.82) is 0 Å². The van der Waals surface area contributed by atoms with Gasteiger partial charge in [0.15, 0.2) is 0 Å². The maximum Gasteiger partial charge on any atom is 0.211 e. The fourth-order valence-electron chi connectivity index (χ4n) is 0.828. The summed E-state index contributed by atoms with van der Waals surface area (Å²) in [5.74, 6) is 0.799. The molecule has 0 aliphatic carbocycles. The van der Waals surface area contributed by atoms with Crippen LogP contribution in [0.4, 0.5) is 0 Å². The number of hydrogen-bond donors (Lipinski definition) is 0. The van der Waals surface area contributed by atoms with E-state index in [0.717, 1.165) is 12.4 Å². The van der Waals surface area contributed by atoms with Crippen LogP contribution in [0.15, 0.2) is 16.1 Å². The Labute approximate surface area is 55.2 Å². The molecule has 0 bridgehead atoms. The SMILES string of the molecule is COC1=NCC(C)=C1C. The average molecular weight is 125 g/mol. The summed E-state index contributed by atoms with van der Waals surface area (Å²) in [5.41, 5.74) is 2.50. The van der Waals surface area contributed by atoms with E-state index in [4.69, 9.17) is 4.74 Å². The van der Waals surface area contributed by atoms with E-state index in [2.05, 4.69) is 11.9 Å². The minimum atomic E-state index is 0.799. The summed E-state index contributed by atoms with van der Waals surface area (Å²) in [7, 11) is 1.65. The highest BCUT2D eigenvalue weighted by Gasteiger charge is 2.10. The monoisotopic (exact) mass is 125 g/mol. The molecule has 1 heterocycles. The second kappa shape index (κ2) is 2.21. The highest BCUT2D eigenvalue weighted by atomic mass is 16.5. The van der Waals surface area contributed by atoms with Gasteiger partial charge in [-0.1, -0.05) is 0 Å². The lowest BCUT2D eigenvalue weighted by molar-refractivity contribution is 0.404. The number of nitrogens with zero attached hydrogens (tertiary/aromatic N) is 1. The van der Waals surface area contributed by atoms with Crippen LogP contribution in [0.25, 0.3) is 0 Å². The summed E-state index contributed by atoms with van der Waals surface area (Å²) in [6.07, 6.45) is 0. The smallest absolute Gasteiger partial charge is 0.211 e. The Morgan fingerprint density at radius 3 is 2.33 bits per heavy atom. The molecule has 0 aromatic rings. The molecule has 1 rings (SSSR count). The second-order valence-corrected chi connectivity index (χ2v) is 2.23. The minimum absolute atomic E-state index is 0.799. The summed E-state index contributed by atoms with van der Waals surface area (Å²) in [5, 5.41) is 0. The van der Waals surface area contributed by atoms with Gasteiger partial charge in [-0.3, -0.25) is 0 Å². The molecule has 0 fully saturated rings. The first-order valence-corrected chi connectivity index (χ1v) is 3.01. The van der Waals surface area contributed by atoms with Crippen LogP contribution in [0.5, 0.6) is 0 Å². The van der Waals surface area contributed by atoms with Gasteiger partial charge in [0.05, 0.1) is 13.7 Å². The van der Waals surface area contributed by atoms with E-state index < -0.39 is 0 Å². The third-order valence-corrected chi connectivity index (χ3v) is 1.61. The lowest BCUT2D eigenvalue weighted by atomic mass is 10.2. The third-order valence-electron chi connectivity index (χ3n) is 1.61. The molecular formula is C7H11NO. The van der Waals surface area contributed by atoms with Gasteiger partial charge < -0.3 is 4.74 Å². The summed E-state index contributed by atoms with van der Waals surface area (Å²) in [6, 6.07) is 0. The van der Waals surface area contributed by atoms with Crippen LogP contribution in [0.3, 0.4) is 0 Å². The number of rotatable bonds is 0. The number of hydrogen-bond acceptors (Lipinski definition) is 2. The third kappa shape index (κ3) is 0.969. The minimum Gasteiger partial charge on any atom is -0.481 e. The van der Waals surface area contributed by atoms with E-state index in [9.17, 15) is 0 Å². The van der Waals surface area contributed by atoms with Gasteiger partial charge >= 0.3 is 0 Å². The predicted molar refractivity (Wildman–Crippen MR) is 37.7 cm³/mol. The first-order chi connectivity index (χ1) is 4.25. The van der Waals surface area contributed by atoms with Crippen molar-refractivity contribution in [2.45, 2.75) is 13.8 Å². The lowest BCUT2D eigenvalue weighted by Crippen LogP contribution is -1.98. The maximum atomic E-state index is 4.99. The van der Waals surface area contributed by atoms with Crippen molar-refractivity contribution in [2.75, 3.05) is 13.7 Å². The van der Waals surface area contributed by atoms with Gasteiger partial charge in [0.25, 0.3) is 0 Å². The zero-order valence-electron chi connectivity index (χ0n) is 6.06. The van der Waals surface area contributed by atoms with Crippen LogP contribution in [0.1, 0.15) is 13.8 Å². The second-order valence-electron chi connectivity index (χ2n) is 2.23. The molecule has 1 aliphatic rings. The van der Waals surface area contributed by atoms with Crippen molar-refractivity contribution in [3.05, 3.63) is 11.1 Å². The van der Waals surface area contributed by atoms with E-state index in [1.807, 2.05) is 6.92 Å². The largest absolute Gasteiger partial charge is 0.481 e. The molecule has 1 aliphatic heterocycles. The molecule has 0 saturated carbocycles. The molecule has 0 saturated heterocycles. The van der Waals surface area contributed by atoms with Crippen molar-refractivity contribution < 1.29 is 4.74 Å². The van der Waals surface area contributed by atoms with Gasteiger partial charge in [-0.05, 0) is 19.4 Å². The van der Waals surface area contributed by atoms with Crippen molar-refractivity contribution in [3.8, 4) is 0 Å². The zero-order chi connectivity index (χ0) is 6.85. The molecule has 9 heavy (non-hydrogen) atoms. The normalized spacial score (nSPS) is 18.3. The highest BCUT2D eigenvalue weighted by Crippen LogP contribution is 2.13. The first-order valence-electron chi connectivity index (χ1n) is 3.01. The summed E-state index contributed by atoms with van der Waals surface area (Å²) < 4.78 is 4.99. The predicted octanol–water partition coefficient (Wildman–Crippen LogP) is 1.38. The van der Waals surface area contributed by atoms with Crippen molar-refractivity contribution in [2.24, 2.45) is 4.99 Å². The van der Waals surface area contributed by atoms with Crippen LogP contribution in [-0.4, -0.2) is 19.6 Å². The summed E-state index contributed by atoms with van der Waals surface area (Å²) in [4.78, 5) is 4.14. The summed E-state index contributed by atoms with van der Waals surface area (Å²) >= 11 is 0. The summed E-state index contributed by atoms with van der Waals surface area (Å²) in [6.45, 7) is 4.92. The Morgan fingerprint density at radius 2 is 2.11 bits per heavy atom. The van der Waals surface area contributed by atoms with Gasteiger partial charge in [-0.2, -0.15) is 0 Å². The topological polar surface area (TPSA) is 21.6 Å². The number of ether oxygens (including phenoxy) is 1. The van der Waals surface area contributed by atoms with Crippen LogP contribution >= 0.6 is 0 Å². The Balaban J connectivity index is 2.79. The quantitative estimate of drug-likeness (QED) is 0.479. The standard InChI is InChI=1S/C7H11NO/c1-5-4-8-7(9-3)6(5)2/h4H2,1-3H3. The molecule has 0 atom stereocenters. The maximum absolute atomic E-state index is 4.99. The zero-order valence-corrected chi connectivity index (χ0v) is 6.06. The van der Waals surface area contributed by atoms with E-state index >= 15 is 0 Å². The van der Waals surface area contributed by atoms with E-state index in [1.54, 1.807) is 7.11 Å². The van der Waals surface area contributed by atoms with Gasteiger partial charge in [0, 0.05) is 5.57 Å². The van der Waals surface area contributed by atoms with Crippen molar-refractivity contribution in [3.63, 3.8) is 0 Å². The Morgan fingerprint density at radius 1 is 1.44 bits per heavy atom. The molecule has 0 N–H and O–H groups in total. The van der Waals surface area contributed by atoms with Crippen LogP contribution in [0, 0.1) is 0 Å². The van der Waals surface area contributed by atoms with Crippen LogP contribution < -0.4 is 0 Å².